The van der Waals surface area contributed by atoms with E-state index in [1.54, 1.807) is 35.2 Å². The molecule has 0 fully saturated rings. The molecule has 0 aliphatic heterocycles. The first-order valence-electron chi connectivity index (χ1n) is 8.56. The monoisotopic (exact) mass is 356 g/mol. The first kappa shape index (κ1) is 15.5. The average molecular weight is 356 g/mol. The Morgan fingerprint density at radius 2 is 1.78 bits per heavy atom. The highest BCUT2D eigenvalue weighted by atomic mass is 16.3. The van der Waals surface area contributed by atoms with Crippen LogP contribution in [0.3, 0.4) is 0 Å². The second kappa shape index (κ2) is 5.63. The van der Waals surface area contributed by atoms with Crippen LogP contribution in [0.4, 0.5) is 0 Å². The van der Waals surface area contributed by atoms with E-state index in [1.807, 2.05) is 10.7 Å². The molecule has 0 aliphatic carbocycles. The predicted molar refractivity (Wildman–Crippen MR) is 102 cm³/mol. The Balaban J connectivity index is 1.71. The Morgan fingerprint density at radius 1 is 0.963 bits per heavy atom. The molecule has 27 heavy (non-hydrogen) atoms. The van der Waals surface area contributed by atoms with E-state index in [0.717, 1.165) is 22.3 Å². The van der Waals surface area contributed by atoms with Gasteiger partial charge in [0.2, 0.25) is 0 Å². The van der Waals surface area contributed by atoms with E-state index in [4.69, 9.17) is 0 Å². The summed E-state index contributed by atoms with van der Waals surface area (Å²) in [6.07, 6.45) is 3.40. The van der Waals surface area contributed by atoms with Crippen molar-refractivity contribution in [2.75, 3.05) is 0 Å². The summed E-state index contributed by atoms with van der Waals surface area (Å²) in [5, 5.41) is 19.5. The maximum absolute atomic E-state index is 9.71. The summed E-state index contributed by atoms with van der Waals surface area (Å²) in [5.41, 5.74) is 5.45. The van der Waals surface area contributed by atoms with Gasteiger partial charge in [-0.25, -0.2) is 19.2 Å². The minimum Gasteiger partial charge on any atom is -0.508 e. The number of aryl methyl sites for hydroxylation is 2. The summed E-state index contributed by atoms with van der Waals surface area (Å²) < 4.78 is 3.45. The molecule has 3 heterocycles. The van der Waals surface area contributed by atoms with Crippen molar-refractivity contribution in [3.05, 3.63) is 66.1 Å². The van der Waals surface area contributed by atoms with Gasteiger partial charge in [0.25, 0.3) is 0 Å². The highest BCUT2D eigenvalue weighted by Gasteiger charge is 2.15. The van der Waals surface area contributed by atoms with Crippen molar-refractivity contribution >= 4 is 16.7 Å². The van der Waals surface area contributed by atoms with Crippen LogP contribution in [0.25, 0.3) is 33.8 Å². The topological polar surface area (TPSA) is 81.1 Å². The van der Waals surface area contributed by atoms with Gasteiger partial charge in [-0.05, 0) is 49.2 Å². The number of phenols is 1. The Labute approximate surface area is 154 Å². The lowest BCUT2D eigenvalue weighted by Crippen LogP contribution is -2.00. The fraction of sp³-hybridized carbons (Fsp3) is 0.100. The van der Waals surface area contributed by atoms with Crippen molar-refractivity contribution in [3.8, 4) is 22.8 Å². The molecule has 0 spiro atoms. The SMILES string of the molecule is Cc1cc(C)cc(-n2ncc3c2ncn2nc(-c4cccc(O)c4)nc32)c1. The van der Waals surface area contributed by atoms with Gasteiger partial charge in [-0.15, -0.1) is 5.10 Å². The highest BCUT2D eigenvalue weighted by Crippen LogP contribution is 2.25. The van der Waals surface area contributed by atoms with E-state index in [2.05, 4.69) is 52.2 Å². The van der Waals surface area contributed by atoms with Crippen LogP contribution in [-0.2, 0) is 0 Å². The Bertz CT molecular complexity index is 1300. The van der Waals surface area contributed by atoms with E-state index in [1.165, 1.54) is 11.1 Å². The molecule has 0 bridgehead atoms. The van der Waals surface area contributed by atoms with Crippen molar-refractivity contribution in [3.63, 3.8) is 0 Å². The maximum atomic E-state index is 9.71. The lowest BCUT2D eigenvalue weighted by molar-refractivity contribution is 0.475. The smallest absolute Gasteiger partial charge is 0.182 e. The summed E-state index contributed by atoms with van der Waals surface area (Å²) in [6, 6.07) is 13.2. The summed E-state index contributed by atoms with van der Waals surface area (Å²) >= 11 is 0. The van der Waals surface area contributed by atoms with Crippen molar-refractivity contribution in [1.29, 1.82) is 0 Å². The number of aromatic hydroxyl groups is 1. The minimum atomic E-state index is 0.178. The third-order valence-corrected chi connectivity index (χ3v) is 4.46. The van der Waals surface area contributed by atoms with Crippen molar-refractivity contribution in [2.45, 2.75) is 13.8 Å². The van der Waals surface area contributed by atoms with Crippen molar-refractivity contribution in [1.82, 2.24) is 29.4 Å². The molecular weight excluding hydrogens is 340 g/mol. The number of benzene rings is 2. The van der Waals surface area contributed by atoms with E-state index < -0.39 is 0 Å². The molecule has 5 aromatic rings. The second-order valence-electron chi connectivity index (χ2n) is 6.64. The largest absolute Gasteiger partial charge is 0.508 e. The lowest BCUT2D eigenvalue weighted by atomic mass is 10.1. The predicted octanol–water partition coefficient (Wildman–Crippen LogP) is 3.45. The van der Waals surface area contributed by atoms with Gasteiger partial charge < -0.3 is 5.11 Å². The number of hydrogen-bond acceptors (Lipinski definition) is 5. The van der Waals surface area contributed by atoms with Crippen LogP contribution >= 0.6 is 0 Å². The number of phenolic OH excluding ortho intramolecular Hbond substituents is 1. The maximum Gasteiger partial charge on any atom is 0.182 e. The van der Waals surface area contributed by atoms with Gasteiger partial charge in [-0.2, -0.15) is 5.10 Å². The van der Waals surface area contributed by atoms with E-state index in [0.29, 0.717) is 11.5 Å². The molecule has 0 saturated carbocycles. The molecule has 132 valence electrons. The summed E-state index contributed by atoms with van der Waals surface area (Å²) in [7, 11) is 0. The first-order chi connectivity index (χ1) is 13.1. The molecule has 0 atom stereocenters. The number of nitrogens with zero attached hydrogens (tertiary/aromatic N) is 6. The van der Waals surface area contributed by atoms with Gasteiger partial charge in [0.05, 0.1) is 17.3 Å². The van der Waals surface area contributed by atoms with Gasteiger partial charge in [0.1, 0.15) is 12.1 Å². The van der Waals surface area contributed by atoms with E-state index in [-0.39, 0.29) is 5.75 Å². The molecule has 7 nitrogen and oxygen atoms in total. The summed E-state index contributed by atoms with van der Waals surface area (Å²) in [6.45, 7) is 4.13. The Morgan fingerprint density at radius 3 is 2.56 bits per heavy atom. The molecule has 0 amide bonds. The van der Waals surface area contributed by atoms with Gasteiger partial charge in [0, 0.05) is 5.56 Å². The zero-order chi connectivity index (χ0) is 18.5. The highest BCUT2D eigenvalue weighted by molar-refractivity contribution is 5.90. The Kier molecular flexibility index (Phi) is 3.24. The van der Waals surface area contributed by atoms with Gasteiger partial charge in [-0.3, -0.25) is 0 Å². The molecule has 0 unspecified atom stereocenters. The minimum absolute atomic E-state index is 0.178. The quantitative estimate of drug-likeness (QED) is 0.524. The number of rotatable bonds is 2. The second-order valence-corrected chi connectivity index (χ2v) is 6.64. The average Bonchev–Trinajstić information content (AvgIpc) is 3.24. The fourth-order valence-electron chi connectivity index (χ4n) is 3.35. The van der Waals surface area contributed by atoms with Crippen molar-refractivity contribution in [2.24, 2.45) is 0 Å². The molecule has 7 heteroatoms. The molecule has 0 aliphatic rings. The molecule has 5 rings (SSSR count). The zero-order valence-corrected chi connectivity index (χ0v) is 14.8. The summed E-state index contributed by atoms with van der Waals surface area (Å²) in [4.78, 5) is 9.18. The first-order valence-corrected chi connectivity index (χ1v) is 8.56. The van der Waals surface area contributed by atoms with Crippen LogP contribution < -0.4 is 0 Å². The van der Waals surface area contributed by atoms with Crippen LogP contribution in [-0.4, -0.2) is 34.5 Å². The third kappa shape index (κ3) is 2.52. The normalized spacial score (nSPS) is 11.5. The third-order valence-electron chi connectivity index (χ3n) is 4.46. The van der Waals surface area contributed by atoms with Crippen LogP contribution in [0.15, 0.2) is 55.0 Å². The molecular formula is C20H16N6O. The number of fused-ring (bicyclic) bond motifs is 3. The molecule has 2 aromatic carbocycles. The van der Waals surface area contributed by atoms with Gasteiger partial charge >= 0.3 is 0 Å². The summed E-state index contributed by atoms with van der Waals surface area (Å²) in [5.74, 6) is 0.705. The number of aromatic nitrogens is 6. The van der Waals surface area contributed by atoms with Crippen LogP contribution in [0.1, 0.15) is 11.1 Å². The Hall–Kier alpha value is -3.74. The zero-order valence-electron chi connectivity index (χ0n) is 14.8. The molecule has 0 saturated heterocycles. The van der Waals surface area contributed by atoms with Crippen LogP contribution in [0, 0.1) is 13.8 Å². The lowest BCUT2D eigenvalue weighted by Gasteiger charge is -2.06. The molecule has 3 aromatic heterocycles. The van der Waals surface area contributed by atoms with E-state index >= 15 is 0 Å². The van der Waals surface area contributed by atoms with Gasteiger partial charge in [-0.1, -0.05) is 18.2 Å². The standard InChI is InChI=1S/C20H16N6O/c1-12-6-13(2)8-15(7-12)26-19-17(10-22-26)20-23-18(24-25(20)11-21-19)14-4-3-5-16(27)9-14/h3-11,27H,1-2H3. The van der Waals surface area contributed by atoms with Crippen LogP contribution in [0.2, 0.25) is 0 Å². The van der Waals surface area contributed by atoms with Crippen LogP contribution in [0.5, 0.6) is 5.75 Å². The van der Waals surface area contributed by atoms with Gasteiger partial charge in [0.15, 0.2) is 17.1 Å². The van der Waals surface area contributed by atoms with E-state index in [9.17, 15) is 5.11 Å². The molecule has 1 N–H and O–H groups in total. The number of hydrogen-bond donors (Lipinski definition) is 1. The van der Waals surface area contributed by atoms with Crippen molar-refractivity contribution < 1.29 is 5.11 Å². The fourth-order valence-corrected chi connectivity index (χ4v) is 3.35. The molecule has 0 radical (unpaired) electrons.